The fourth-order valence-corrected chi connectivity index (χ4v) is 3.20. The van der Waals surface area contributed by atoms with Gasteiger partial charge in [-0.25, -0.2) is 14.4 Å². The molecule has 0 spiro atoms. The van der Waals surface area contributed by atoms with E-state index in [-0.39, 0.29) is 50.2 Å². The molecule has 0 aliphatic heterocycles. The van der Waals surface area contributed by atoms with E-state index < -0.39 is 36.6 Å². The third kappa shape index (κ3) is 16.0. The smallest absolute Gasteiger partial charge is 0.480 e. The molecule has 238 valence electrons. The standard InChI is InChI=1S/C30H47NO11/c1-8-21(6)18-39-30(36)40-22(7)17-31-24(27(32)33)15-23-9-10-25(41-28(34)37-13-11-19(2)3)26(16-23)42-29(35)38-14-12-20(4)5/h9-10,16,19-22,24,31H,8,11-15,17-18H2,1-7H3,(H,32,33)/t21?,22?,24-/m0/s1. The second kappa shape index (κ2) is 19.6. The number of carbonyl (C=O) groups is 4. The predicted octanol–water partition coefficient (Wildman–Crippen LogP) is 5.98. The molecule has 0 saturated carbocycles. The van der Waals surface area contributed by atoms with Crippen LogP contribution in [0.4, 0.5) is 14.4 Å². The molecule has 0 aliphatic rings. The first-order chi connectivity index (χ1) is 19.8. The van der Waals surface area contributed by atoms with Crippen molar-refractivity contribution in [3.8, 4) is 11.5 Å². The highest BCUT2D eigenvalue weighted by Crippen LogP contribution is 2.30. The predicted molar refractivity (Wildman–Crippen MR) is 154 cm³/mol. The molecule has 0 bridgehead atoms. The maximum atomic E-state index is 12.3. The Kier molecular flexibility index (Phi) is 17.0. The molecule has 0 heterocycles. The first kappa shape index (κ1) is 36.5. The van der Waals surface area contributed by atoms with E-state index in [1.165, 1.54) is 18.2 Å². The monoisotopic (exact) mass is 597 g/mol. The molecule has 3 atom stereocenters. The first-order valence-corrected chi connectivity index (χ1v) is 14.4. The molecule has 12 heteroatoms. The average Bonchev–Trinajstić information content (AvgIpc) is 2.90. The van der Waals surface area contributed by atoms with Gasteiger partial charge in [-0.05, 0) is 61.6 Å². The third-order valence-electron chi connectivity index (χ3n) is 6.09. The lowest BCUT2D eigenvalue weighted by Gasteiger charge is -2.19. The van der Waals surface area contributed by atoms with Crippen molar-refractivity contribution in [2.24, 2.45) is 17.8 Å². The van der Waals surface area contributed by atoms with E-state index in [2.05, 4.69) is 5.32 Å². The minimum Gasteiger partial charge on any atom is -0.480 e. The van der Waals surface area contributed by atoms with Crippen molar-refractivity contribution in [1.29, 1.82) is 0 Å². The maximum Gasteiger partial charge on any atom is 0.513 e. The summed E-state index contributed by atoms with van der Waals surface area (Å²) in [4.78, 5) is 48.3. The van der Waals surface area contributed by atoms with Crippen LogP contribution in [0.3, 0.4) is 0 Å². The average molecular weight is 598 g/mol. The van der Waals surface area contributed by atoms with Gasteiger partial charge in [0.1, 0.15) is 12.1 Å². The highest BCUT2D eigenvalue weighted by Gasteiger charge is 2.23. The van der Waals surface area contributed by atoms with E-state index in [1.807, 2.05) is 41.5 Å². The Bertz CT molecular complexity index is 995. The zero-order valence-corrected chi connectivity index (χ0v) is 25.8. The van der Waals surface area contributed by atoms with Gasteiger partial charge in [0.25, 0.3) is 0 Å². The Hall–Kier alpha value is -3.54. The number of benzene rings is 1. The Labute approximate surface area is 248 Å². The topological polar surface area (TPSA) is 156 Å². The lowest BCUT2D eigenvalue weighted by atomic mass is 10.0. The summed E-state index contributed by atoms with van der Waals surface area (Å²) in [5.74, 6) is -0.536. The van der Waals surface area contributed by atoms with Crippen LogP contribution in [0, 0.1) is 17.8 Å². The van der Waals surface area contributed by atoms with Crippen molar-refractivity contribution < 1.29 is 52.7 Å². The molecule has 1 aromatic carbocycles. The lowest BCUT2D eigenvalue weighted by molar-refractivity contribution is -0.139. The summed E-state index contributed by atoms with van der Waals surface area (Å²) in [6.07, 6.45) is -1.35. The number of hydrogen-bond donors (Lipinski definition) is 2. The molecule has 0 fully saturated rings. The fourth-order valence-electron chi connectivity index (χ4n) is 3.20. The van der Waals surface area contributed by atoms with Crippen molar-refractivity contribution in [3.05, 3.63) is 23.8 Å². The molecule has 12 nitrogen and oxygen atoms in total. The molecule has 2 N–H and O–H groups in total. The molecular weight excluding hydrogens is 550 g/mol. The number of nitrogens with one attached hydrogen (secondary N) is 1. The highest BCUT2D eigenvalue weighted by atomic mass is 16.7. The number of carboxylic acid groups (broad SMARTS) is 1. The van der Waals surface area contributed by atoms with Gasteiger partial charge in [0.2, 0.25) is 0 Å². The largest absolute Gasteiger partial charge is 0.513 e. The number of carbonyl (C=O) groups excluding carboxylic acids is 3. The van der Waals surface area contributed by atoms with Gasteiger partial charge in [-0.3, -0.25) is 4.79 Å². The minimum atomic E-state index is -1.15. The SMILES string of the molecule is CCC(C)COC(=O)OC(C)CN[C@@H](Cc1ccc(OC(=O)OCCC(C)C)c(OC(=O)OCCC(C)C)c1)C(=O)O. The maximum absolute atomic E-state index is 12.3. The van der Waals surface area contributed by atoms with Gasteiger partial charge in [-0.1, -0.05) is 54.0 Å². The van der Waals surface area contributed by atoms with Crippen LogP contribution in [0.15, 0.2) is 18.2 Å². The van der Waals surface area contributed by atoms with Gasteiger partial charge in [-0.2, -0.15) is 0 Å². The van der Waals surface area contributed by atoms with Gasteiger partial charge in [0, 0.05) is 6.54 Å². The van der Waals surface area contributed by atoms with E-state index in [0.717, 1.165) is 6.42 Å². The van der Waals surface area contributed by atoms with Crippen LogP contribution >= 0.6 is 0 Å². The summed E-state index contributed by atoms with van der Waals surface area (Å²) in [5, 5.41) is 12.6. The molecular formula is C30H47NO11. The molecule has 0 saturated heterocycles. The molecule has 42 heavy (non-hydrogen) atoms. The number of ether oxygens (including phenoxy) is 6. The molecule has 1 rings (SSSR count). The number of aliphatic carboxylic acids is 1. The van der Waals surface area contributed by atoms with E-state index in [0.29, 0.717) is 30.2 Å². The van der Waals surface area contributed by atoms with Crippen molar-refractivity contribution in [2.45, 2.75) is 86.3 Å². The van der Waals surface area contributed by atoms with Crippen molar-refractivity contribution >= 4 is 24.4 Å². The van der Waals surface area contributed by atoms with Crippen LogP contribution in [0.1, 0.15) is 73.3 Å². The summed E-state index contributed by atoms with van der Waals surface area (Å²) in [6.45, 7) is 14.0. The summed E-state index contributed by atoms with van der Waals surface area (Å²) in [7, 11) is 0. The Morgan fingerprint density at radius 2 is 1.38 bits per heavy atom. The van der Waals surface area contributed by atoms with Gasteiger partial charge < -0.3 is 38.8 Å². The Morgan fingerprint density at radius 1 is 0.810 bits per heavy atom. The zero-order valence-electron chi connectivity index (χ0n) is 25.8. The van der Waals surface area contributed by atoms with E-state index in [4.69, 9.17) is 28.4 Å². The molecule has 0 aliphatic carbocycles. The molecule has 1 aromatic rings. The van der Waals surface area contributed by atoms with Gasteiger partial charge >= 0.3 is 24.4 Å². The van der Waals surface area contributed by atoms with Gasteiger partial charge in [-0.15, -0.1) is 0 Å². The minimum absolute atomic E-state index is 0.0294. The summed E-state index contributed by atoms with van der Waals surface area (Å²) in [5.41, 5.74) is 0.460. The number of hydrogen-bond acceptors (Lipinski definition) is 11. The van der Waals surface area contributed by atoms with Crippen LogP contribution in [0.2, 0.25) is 0 Å². The Morgan fingerprint density at radius 3 is 1.90 bits per heavy atom. The van der Waals surface area contributed by atoms with Gasteiger partial charge in [0.15, 0.2) is 11.5 Å². The van der Waals surface area contributed by atoms with E-state index >= 15 is 0 Å². The van der Waals surface area contributed by atoms with Crippen LogP contribution in [-0.4, -0.2) is 68.1 Å². The molecule has 0 amide bonds. The van der Waals surface area contributed by atoms with Crippen molar-refractivity contribution in [1.82, 2.24) is 5.32 Å². The molecule has 2 unspecified atom stereocenters. The normalized spacial score (nSPS) is 13.2. The zero-order chi connectivity index (χ0) is 31.7. The van der Waals surface area contributed by atoms with Crippen LogP contribution < -0.4 is 14.8 Å². The number of rotatable bonds is 18. The van der Waals surface area contributed by atoms with Crippen LogP contribution in [0.5, 0.6) is 11.5 Å². The summed E-state index contributed by atoms with van der Waals surface area (Å²) >= 11 is 0. The Balaban J connectivity index is 2.92. The molecule has 0 radical (unpaired) electrons. The summed E-state index contributed by atoms with van der Waals surface area (Å²) in [6, 6.07) is 3.24. The molecule has 0 aromatic heterocycles. The van der Waals surface area contributed by atoms with E-state index in [1.54, 1.807) is 6.92 Å². The number of carboxylic acids is 1. The second-order valence-corrected chi connectivity index (χ2v) is 11.1. The third-order valence-corrected chi connectivity index (χ3v) is 6.09. The van der Waals surface area contributed by atoms with E-state index in [9.17, 15) is 24.3 Å². The highest BCUT2D eigenvalue weighted by molar-refractivity contribution is 5.74. The van der Waals surface area contributed by atoms with Crippen molar-refractivity contribution in [2.75, 3.05) is 26.4 Å². The quantitative estimate of drug-likeness (QED) is 0.116. The van der Waals surface area contributed by atoms with Crippen LogP contribution in [-0.2, 0) is 30.2 Å². The first-order valence-electron chi connectivity index (χ1n) is 14.4. The fraction of sp³-hybridized carbons (Fsp3) is 0.667. The van der Waals surface area contributed by atoms with Crippen LogP contribution in [0.25, 0.3) is 0 Å². The lowest BCUT2D eigenvalue weighted by Crippen LogP contribution is -2.42. The second-order valence-electron chi connectivity index (χ2n) is 11.1. The van der Waals surface area contributed by atoms with Crippen molar-refractivity contribution in [3.63, 3.8) is 0 Å². The summed E-state index contributed by atoms with van der Waals surface area (Å²) < 4.78 is 31.0. The van der Waals surface area contributed by atoms with Gasteiger partial charge in [0.05, 0.1) is 19.8 Å².